The van der Waals surface area contributed by atoms with Gasteiger partial charge in [-0.05, 0) is 49.9 Å². The van der Waals surface area contributed by atoms with E-state index in [1.807, 2.05) is 33.8 Å². The summed E-state index contributed by atoms with van der Waals surface area (Å²) in [5.41, 5.74) is 4.46. The van der Waals surface area contributed by atoms with Crippen molar-refractivity contribution < 1.29 is 14.7 Å². The van der Waals surface area contributed by atoms with Crippen LogP contribution < -0.4 is 5.32 Å². The van der Waals surface area contributed by atoms with Gasteiger partial charge >= 0.3 is 5.97 Å². The Hall–Kier alpha value is -1.84. The second-order valence-electron chi connectivity index (χ2n) is 4.21. The van der Waals surface area contributed by atoms with Crippen LogP contribution in [-0.4, -0.2) is 23.5 Å². The van der Waals surface area contributed by atoms with E-state index in [2.05, 4.69) is 5.32 Å². The lowest BCUT2D eigenvalue weighted by molar-refractivity contribution is -0.135. The van der Waals surface area contributed by atoms with Crippen molar-refractivity contribution in [2.75, 3.05) is 6.54 Å². The highest BCUT2D eigenvalue weighted by atomic mass is 16.4. The zero-order valence-corrected chi connectivity index (χ0v) is 10.5. The van der Waals surface area contributed by atoms with Gasteiger partial charge in [-0.15, -0.1) is 0 Å². The molecule has 0 radical (unpaired) electrons. The molecule has 0 fully saturated rings. The van der Waals surface area contributed by atoms with Gasteiger partial charge in [0, 0.05) is 5.56 Å². The lowest BCUT2D eigenvalue weighted by Crippen LogP contribution is -2.30. The Bertz CT molecular complexity index is 452. The van der Waals surface area contributed by atoms with Crippen LogP contribution in [0.15, 0.2) is 6.07 Å². The van der Waals surface area contributed by atoms with Crippen LogP contribution in [0.5, 0.6) is 0 Å². The molecule has 0 unspecified atom stereocenters. The first-order valence-electron chi connectivity index (χ1n) is 5.42. The summed E-state index contributed by atoms with van der Waals surface area (Å²) in [5, 5.41) is 10.9. The molecule has 0 aliphatic rings. The molecular formula is C13H17NO3. The summed E-state index contributed by atoms with van der Waals surface area (Å²) in [4.78, 5) is 22.3. The number of aliphatic carboxylic acids is 1. The number of hydrogen-bond donors (Lipinski definition) is 2. The van der Waals surface area contributed by atoms with Crippen molar-refractivity contribution in [3.63, 3.8) is 0 Å². The first-order valence-corrected chi connectivity index (χ1v) is 5.42. The summed E-state index contributed by atoms with van der Waals surface area (Å²) in [6, 6.07) is 2.03. The average Bonchev–Trinajstić information content (AvgIpc) is 2.24. The third kappa shape index (κ3) is 2.84. The van der Waals surface area contributed by atoms with Crippen LogP contribution in [0.3, 0.4) is 0 Å². The number of nitrogens with one attached hydrogen (secondary N) is 1. The van der Waals surface area contributed by atoms with Gasteiger partial charge in [0.05, 0.1) is 0 Å². The second-order valence-corrected chi connectivity index (χ2v) is 4.21. The third-order valence-corrected chi connectivity index (χ3v) is 2.99. The molecule has 0 heterocycles. The zero-order valence-electron chi connectivity index (χ0n) is 10.5. The zero-order chi connectivity index (χ0) is 13.2. The van der Waals surface area contributed by atoms with E-state index in [1.165, 1.54) is 0 Å². The number of carboxylic acids is 1. The largest absolute Gasteiger partial charge is 0.480 e. The molecule has 0 atom stereocenters. The quantitative estimate of drug-likeness (QED) is 0.838. The van der Waals surface area contributed by atoms with E-state index in [4.69, 9.17) is 5.11 Å². The highest BCUT2D eigenvalue weighted by Gasteiger charge is 2.15. The molecule has 1 aromatic rings. The molecule has 17 heavy (non-hydrogen) atoms. The molecule has 0 aliphatic heterocycles. The second kappa shape index (κ2) is 4.99. The molecule has 1 aromatic carbocycles. The van der Waals surface area contributed by atoms with Crippen LogP contribution in [0, 0.1) is 27.7 Å². The minimum Gasteiger partial charge on any atom is -0.480 e. The van der Waals surface area contributed by atoms with E-state index in [1.54, 1.807) is 0 Å². The fourth-order valence-electron chi connectivity index (χ4n) is 1.80. The molecule has 92 valence electrons. The predicted octanol–water partition coefficient (Wildman–Crippen LogP) is 1.73. The normalized spacial score (nSPS) is 10.1. The summed E-state index contributed by atoms with van der Waals surface area (Å²) in [7, 11) is 0. The monoisotopic (exact) mass is 235 g/mol. The number of aryl methyl sites for hydroxylation is 2. The van der Waals surface area contributed by atoms with Gasteiger partial charge in [0.15, 0.2) is 0 Å². The SMILES string of the molecule is Cc1cc(C)c(C)c(C(=O)NCC(=O)O)c1C. The fraction of sp³-hybridized carbons (Fsp3) is 0.385. The van der Waals surface area contributed by atoms with E-state index in [0.717, 1.165) is 22.3 Å². The van der Waals surface area contributed by atoms with Crippen LogP contribution in [0.1, 0.15) is 32.6 Å². The lowest BCUT2D eigenvalue weighted by Gasteiger charge is -2.14. The Balaban J connectivity index is 3.12. The Labute approximate surface area is 101 Å². The Morgan fingerprint density at radius 1 is 1.12 bits per heavy atom. The van der Waals surface area contributed by atoms with Gasteiger partial charge in [-0.2, -0.15) is 0 Å². The van der Waals surface area contributed by atoms with Crippen LogP contribution in [0.2, 0.25) is 0 Å². The number of amides is 1. The number of rotatable bonds is 3. The van der Waals surface area contributed by atoms with E-state index >= 15 is 0 Å². The van der Waals surface area contributed by atoms with E-state index in [-0.39, 0.29) is 12.5 Å². The van der Waals surface area contributed by atoms with E-state index in [0.29, 0.717) is 5.56 Å². The molecule has 1 rings (SSSR count). The number of benzene rings is 1. The van der Waals surface area contributed by atoms with Crippen molar-refractivity contribution in [3.05, 3.63) is 33.9 Å². The van der Waals surface area contributed by atoms with Crippen LogP contribution in [0.4, 0.5) is 0 Å². The molecule has 0 aromatic heterocycles. The summed E-state index contributed by atoms with van der Waals surface area (Å²) in [6.07, 6.45) is 0. The molecule has 1 amide bonds. The van der Waals surface area contributed by atoms with Crippen LogP contribution in [-0.2, 0) is 4.79 Å². The lowest BCUT2D eigenvalue weighted by atomic mass is 9.94. The Kier molecular flexibility index (Phi) is 3.89. The van der Waals surface area contributed by atoms with Crippen molar-refractivity contribution in [1.82, 2.24) is 5.32 Å². The molecule has 0 saturated heterocycles. The van der Waals surface area contributed by atoms with Crippen LogP contribution in [0.25, 0.3) is 0 Å². The molecule has 4 heteroatoms. The molecule has 0 spiro atoms. The van der Waals surface area contributed by atoms with Gasteiger partial charge in [-0.1, -0.05) is 6.07 Å². The standard InChI is InChI=1S/C13H17NO3/c1-7-5-8(2)10(4)12(9(7)3)13(17)14-6-11(15)16/h5H,6H2,1-4H3,(H,14,17)(H,15,16). The van der Waals surface area contributed by atoms with Gasteiger partial charge in [0.2, 0.25) is 0 Å². The predicted molar refractivity (Wildman–Crippen MR) is 65.4 cm³/mol. The Morgan fingerprint density at radius 3 is 2.00 bits per heavy atom. The van der Waals surface area contributed by atoms with Gasteiger partial charge in [-0.25, -0.2) is 0 Å². The summed E-state index contributed by atoms with van der Waals surface area (Å²) in [6.45, 7) is 7.27. The summed E-state index contributed by atoms with van der Waals surface area (Å²) in [5.74, 6) is -1.37. The number of carbonyl (C=O) groups is 2. The minimum atomic E-state index is -1.04. The van der Waals surface area contributed by atoms with Gasteiger partial charge in [0.25, 0.3) is 5.91 Å². The van der Waals surface area contributed by atoms with Crippen LogP contribution >= 0.6 is 0 Å². The average molecular weight is 235 g/mol. The summed E-state index contributed by atoms with van der Waals surface area (Å²) >= 11 is 0. The van der Waals surface area contributed by atoms with Crippen molar-refractivity contribution in [3.8, 4) is 0 Å². The molecule has 2 N–H and O–H groups in total. The highest BCUT2D eigenvalue weighted by molar-refractivity contribution is 5.99. The summed E-state index contributed by atoms with van der Waals surface area (Å²) < 4.78 is 0. The Morgan fingerprint density at radius 2 is 1.59 bits per heavy atom. The van der Waals surface area contributed by atoms with Crippen molar-refractivity contribution >= 4 is 11.9 Å². The first kappa shape index (κ1) is 13.2. The van der Waals surface area contributed by atoms with Gasteiger partial charge in [-0.3, -0.25) is 9.59 Å². The van der Waals surface area contributed by atoms with Crippen molar-refractivity contribution in [2.24, 2.45) is 0 Å². The van der Waals surface area contributed by atoms with Crippen molar-refractivity contribution in [1.29, 1.82) is 0 Å². The minimum absolute atomic E-state index is 0.325. The maximum Gasteiger partial charge on any atom is 0.322 e. The first-order chi connectivity index (χ1) is 7.84. The van der Waals surface area contributed by atoms with Crippen molar-refractivity contribution in [2.45, 2.75) is 27.7 Å². The fourth-order valence-corrected chi connectivity index (χ4v) is 1.80. The van der Waals surface area contributed by atoms with E-state index < -0.39 is 5.97 Å². The van der Waals surface area contributed by atoms with E-state index in [9.17, 15) is 9.59 Å². The molecule has 0 saturated carbocycles. The topological polar surface area (TPSA) is 66.4 Å². The highest BCUT2D eigenvalue weighted by Crippen LogP contribution is 2.21. The number of carbonyl (C=O) groups excluding carboxylic acids is 1. The van der Waals surface area contributed by atoms with Gasteiger partial charge in [0.1, 0.15) is 6.54 Å². The number of hydrogen-bond acceptors (Lipinski definition) is 2. The third-order valence-electron chi connectivity index (χ3n) is 2.99. The molecule has 0 bridgehead atoms. The molecule has 4 nitrogen and oxygen atoms in total. The molecular weight excluding hydrogens is 218 g/mol. The van der Waals surface area contributed by atoms with Gasteiger partial charge < -0.3 is 10.4 Å². The smallest absolute Gasteiger partial charge is 0.322 e. The number of carboxylic acid groups (broad SMARTS) is 1. The maximum atomic E-state index is 11.9. The maximum absolute atomic E-state index is 11.9. The molecule has 0 aliphatic carbocycles.